The Labute approximate surface area is 147 Å². The molecule has 0 fully saturated rings. The van der Waals surface area contributed by atoms with Gasteiger partial charge in [0.15, 0.2) is 5.16 Å². The second kappa shape index (κ2) is 10.1. The van der Waals surface area contributed by atoms with E-state index in [1.807, 2.05) is 18.2 Å². The van der Waals surface area contributed by atoms with Crippen molar-refractivity contribution < 1.29 is 9.53 Å². The van der Waals surface area contributed by atoms with Crippen molar-refractivity contribution in [3.63, 3.8) is 0 Å². The summed E-state index contributed by atoms with van der Waals surface area (Å²) in [6.45, 7) is 4.13. The number of hydrogen-bond donors (Lipinski definition) is 1. The van der Waals surface area contributed by atoms with Crippen molar-refractivity contribution in [2.75, 3.05) is 26.0 Å². The van der Waals surface area contributed by atoms with E-state index in [4.69, 9.17) is 4.74 Å². The molecular formula is C17H24N4O2S. The van der Waals surface area contributed by atoms with Crippen LogP contribution in [-0.4, -0.2) is 46.7 Å². The molecule has 130 valence electrons. The average molecular weight is 348 g/mol. The van der Waals surface area contributed by atoms with Crippen LogP contribution in [-0.2, 0) is 22.5 Å². The number of methoxy groups -OCH3 is 1. The summed E-state index contributed by atoms with van der Waals surface area (Å²) in [5.41, 5.74) is 1.20. The van der Waals surface area contributed by atoms with E-state index in [-0.39, 0.29) is 5.91 Å². The fourth-order valence-electron chi connectivity index (χ4n) is 2.28. The van der Waals surface area contributed by atoms with Gasteiger partial charge in [-0.15, -0.1) is 10.2 Å². The van der Waals surface area contributed by atoms with Crippen molar-refractivity contribution in [1.82, 2.24) is 20.1 Å². The molecule has 2 rings (SSSR count). The van der Waals surface area contributed by atoms with E-state index >= 15 is 0 Å². The van der Waals surface area contributed by atoms with Crippen LogP contribution in [0.25, 0.3) is 0 Å². The van der Waals surface area contributed by atoms with Crippen LogP contribution in [0.2, 0.25) is 0 Å². The molecule has 0 aliphatic heterocycles. The molecule has 0 bridgehead atoms. The zero-order valence-corrected chi connectivity index (χ0v) is 15.0. The summed E-state index contributed by atoms with van der Waals surface area (Å²) in [6, 6.07) is 10.2. The number of ether oxygens (including phenoxy) is 1. The van der Waals surface area contributed by atoms with Crippen LogP contribution in [0.1, 0.15) is 24.7 Å². The summed E-state index contributed by atoms with van der Waals surface area (Å²) < 4.78 is 7.02. The van der Waals surface area contributed by atoms with E-state index in [9.17, 15) is 4.79 Å². The summed E-state index contributed by atoms with van der Waals surface area (Å²) in [4.78, 5) is 11.8. The number of benzene rings is 1. The lowest BCUT2D eigenvalue weighted by Gasteiger charge is -2.08. The quantitative estimate of drug-likeness (QED) is 0.526. The Morgan fingerprint density at radius 3 is 2.79 bits per heavy atom. The molecule has 0 saturated heterocycles. The number of aromatic nitrogens is 3. The molecule has 0 atom stereocenters. The summed E-state index contributed by atoms with van der Waals surface area (Å²) in [5, 5.41) is 12.2. The Balaban J connectivity index is 1.88. The number of hydrogen-bond acceptors (Lipinski definition) is 5. The van der Waals surface area contributed by atoms with Gasteiger partial charge in [0.2, 0.25) is 5.91 Å². The molecule has 24 heavy (non-hydrogen) atoms. The maximum atomic E-state index is 11.8. The van der Waals surface area contributed by atoms with Crippen LogP contribution in [0, 0.1) is 0 Å². The topological polar surface area (TPSA) is 69.0 Å². The highest BCUT2D eigenvalue weighted by Gasteiger charge is 2.13. The van der Waals surface area contributed by atoms with Crippen molar-refractivity contribution in [2.45, 2.75) is 31.5 Å². The standard InChI is InChI=1S/C17H24N4O2S/c1-3-21-15(12-14-8-5-4-6-9-14)19-20-17(21)24-13-16(22)18-10-7-11-23-2/h4-6,8-9H,3,7,10-13H2,1-2H3,(H,18,22). The lowest BCUT2D eigenvalue weighted by molar-refractivity contribution is -0.118. The zero-order chi connectivity index (χ0) is 17.2. The van der Waals surface area contributed by atoms with Gasteiger partial charge in [-0.2, -0.15) is 0 Å². The van der Waals surface area contributed by atoms with Gasteiger partial charge in [-0.05, 0) is 18.9 Å². The Bertz CT molecular complexity index is 631. The van der Waals surface area contributed by atoms with E-state index in [1.165, 1.54) is 17.3 Å². The van der Waals surface area contributed by atoms with Crippen LogP contribution < -0.4 is 5.32 Å². The molecule has 1 amide bonds. The summed E-state index contributed by atoms with van der Waals surface area (Å²) >= 11 is 1.42. The molecule has 0 radical (unpaired) electrons. The molecule has 7 heteroatoms. The third-order valence-electron chi connectivity index (χ3n) is 3.49. The first-order chi connectivity index (χ1) is 11.7. The molecule has 0 aliphatic rings. The van der Waals surface area contributed by atoms with Crippen molar-refractivity contribution in [1.29, 1.82) is 0 Å². The summed E-state index contributed by atoms with van der Waals surface area (Å²) in [5.74, 6) is 1.27. The highest BCUT2D eigenvalue weighted by atomic mass is 32.2. The Morgan fingerprint density at radius 1 is 1.29 bits per heavy atom. The minimum absolute atomic E-state index is 0.00589. The molecule has 6 nitrogen and oxygen atoms in total. The van der Waals surface area contributed by atoms with Gasteiger partial charge in [-0.1, -0.05) is 42.1 Å². The van der Waals surface area contributed by atoms with Crippen LogP contribution in [0.15, 0.2) is 35.5 Å². The normalized spacial score (nSPS) is 10.8. The fourth-order valence-corrected chi connectivity index (χ4v) is 3.13. The molecule has 0 aliphatic carbocycles. The van der Waals surface area contributed by atoms with Crippen molar-refractivity contribution in [2.24, 2.45) is 0 Å². The van der Waals surface area contributed by atoms with Crippen LogP contribution >= 0.6 is 11.8 Å². The number of nitrogens with zero attached hydrogens (tertiary/aromatic N) is 3. The second-order valence-corrected chi connectivity index (χ2v) is 6.23. The lowest BCUT2D eigenvalue weighted by atomic mass is 10.1. The van der Waals surface area contributed by atoms with Gasteiger partial charge in [0.25, 0.3) is 0 Å². The van der Waals surface area contributed by atoms with Gasteiger partial charge >= 0.3 is 0 Å². The molecule has 0 spiro atoms. The van der Waals surface area contributed by atoms with Gasteiger partial charge < -0.3 is 14.6 Å². The van der Waals surface area contributed by atoms with Gasteiger partial charge in [0, 0.05) is 33.2 Å². The maximum Gasteiger partial charge on any atom is 0.230 e. The molecule has 0 saturated carbocycles. The average Bonchev–Trinajstić information content (AvgIpc) is 2.99. The fraction of sp³-hybridized carbons (Fsp3) is 0.471. The monoisotopic (exact) mass is 348 g/mol. The van der Waals surface area contributed by atoms with Crippen molar-refractivity contribution in [3.05, 3.63) is 41.7 Å². The minimum Gasteiger partial charge on any atom is -0.385 e. The van der Waals surface area contributed by atoms with E-state index < -0.39 is 0 Å². The Hall–Kier alpha value is -1.86. The second-order valence-electron chi connectivity index (χ2n) is 5.29. The van der Waals surface area contributed by atoms with Gasteiger partial charge in [-0.25, -0.2) is 0 Å². The highest BCUT2D eigenvalue weighted by molar-refractivity contribution is 7.99. The SMILES string of the molecule is CCn1c(Cc2ccccc2)nnc1SCC(=O)NCCCOC. The number of carbonyl (C=O) groups excluding carboxylic acids is 1. The van der Waals surface area contributed by atoms with E-state index in [0.717, 1.165) is 30.4 Å². The third kappa shape index (κ3) is 5.65. The number of nitrogens with one attached hydrogen (secondary N) is 1. The maximum absolute atomic E-state index is 11.8. The first-order valence-corrected chi connectivity index (χ1v) is 9.07. The Morgan fingerprint density at radius 2 is 2.08 bits per heavy atom. The first-order valence-electron chi connectivity index (χ1n) is 8.09. The predicted molar refractivity (Wildman–Crippen MR) is 95.2 cm³/mol. The molecule has 1 aromatic heterocycles. The smallest absolute Gasteiger partial charge is 0.230 e. The van der Waals surface area contributed by atoms with Gasteiger partial charge in [-0.3, -0.25) is 4.79 Å². The number of thioether (sulfide) groups is 1. The number of rotatable bonds is 10. The number of carbonyl (C=O) groups is 1. The third-order valence-corrected chi connectivity index (χ3v) is 4.46. The van der Waals surface area contributed by atoms with E-state index in [1.54, 1.807) is 7.11 Å². The molecule has 1 aromatic carbocycles. The molecular weight excluding hydrogens is 324 g/mol. The molecule has 0 unspecified atom stereocenters. The predicted octanol–water partition coefficient (Wildman–Crippen LogP) is 2.13. The van der Waals surface area contributed by atoms with E-state index in [0.29, 0.717) is 18.9 Å². The van der Waals surface area contributed by atoms with Crippen LogP contribution in [0.3, 0.4) is 0 Å². The summed E-state index contributed by atoms with van der Waals surface area (Å²) in [7, 11) is 1.66. The molecule has 1 heterocycles. The van der Waals surface area contributed by atoms with Crippen molar-refractivity contribution >= 4 is 17.7 Å². The van der Waals surface area contributed by atoms with Crippen LogP contribution in [0.5, 0.6) is 0 Å². The van der Waals surface area contributed by atoms with Gasteiger partial charge in [0.1, 0.15) is 5.82 Å². The van der Waals surface area contributed by atoms with E-state index in [2.05, 4.69) is 39.1 Å². The molecule has 2 aromatic rings. The minimum atomic E-state index is 0.00589. The highest BCUT2D eigenvalue weighted by Crippen LogP contribution is 2.18. The Kier molecular flexibility index (Phi) is 7.77. The van der Waals surface area contributed by atoms with Crippen LogP contribution in [0.4, 0.5) is 0 Å². The zero-order valence-electron chi connectivity index (χ0n) is 14.2. The largest absolute Gasteiger partial charge is 0.385 e. The van der Waals surface area contributed by atoms with Crippen molar-refractivity contribution in [3.8, 4) is 0 Å². The summed E-state index contributed by atoms with van der Waals surface area (Å²) in [6.07, 6.45) is 1.56. The lowest BCUT2D eigenvalue weighted by Crippen LogP contribution is -2.27. The first kappa shape index (κ1) is 18.5. The molecule has 1 N–H and O–H groups in total. The number of amides is 1. The van der Waals surface area contributed by atoms with Gasteiger partial charge in [0.05, 0.1) is 5.75 Å².